The van der Waals surface area contributed by atoms with Crippen LogP contribution in [0, 0.1) is 0 Å². The average Bonchev–Trinajstić information content (AvgIpc) is 2.42. The van der Waals surface area contributed by atoms with E-state index in [2.05, 4.69) is 21.2 Å². The van der Waals surface area contributed by atoms with Crippen molar-refractivity contribution in [3.05, 3.63) is 28.2 Å². The first kappa shape index (κ1) is 14.8. The number of ether oxygens (including phenoxy) is 1. The molecule has 108 valence electrons. The highest BCUT2D eigenvalue weighted by Gasteiger charge is 2.41. The van der Waals surface area contributed by atoms with Gasteiger partial charge in [0.2, 0.25) is 0 Å². The molecule has 1 aliphatic heterocycles. The molecule has 1 aromatic carbocycles. The van der Waals surface area contributed by atoms with Gasteiger partial charge in [0.15, 0.2) is 0 Å². The van der Waals surface area contributed by atoms with E-state index >= 15 is 0 Å². The lowest BCUT2D eigenvalue weighted by molar-refractivity contribution is -0.148. The third-order valence-corrected chi connectivity index (χ3v) is 4.06. The van der Waals surface area contributed by atoms with Crippen LogP contribution in [0.4, 0.5) is 5.69 Å². The van der Waals surface area contributed by atoms with Crippen LogP contribution in [0.5, 0.6) is 0 Å². The molecule has 4 N–H and O–H groups in total. The number of hydrogen-bond donors (Lipinski definition) is 3. The second-order valence-electron chi connectivity index (χ2n) is 4.69. The fourth-order valence-electron chi connectivity index (χ4n) is 2.07. The number of rotatable bonds is 3. The molecule has 0 atom stereocenters. The van der Waals surface area contributed by atoms with Crippen LogP contribution in [-0.2, 0) is 9.53 Å². The summed E-state index contributed by atoms with van der Waals surface area (Å²) in [7, 11) is 0. The monoisotopic (exact) mass is 342 g/mol. The zero-order chi connectivity index (χ0) is 14.8. The van der Waals surface area contributed by atoms with Gasteiger partial charge in [-0.3, -0.25) is 4.79 Å². The van der Waals surface area contributed by atoms with Crippen molar-refractivity contribution >= 4 is 33.5 Å². The van der Waals surface area contributed by atoms with Crippen molar-refractivity contribution in [2.75, 3.05) is 18.9 Å². The number of aliphatic carboxylic acids is 1. The number of carbonyl (C=O) groups is 2. The van der Waals surface area contributed by atoms with E-state index in [1.54, 1.807) is 18.2 Å². The highest BCUT2D eigenvalue weighted by Crippen LogP contribution is 2.24. The summed E-state index contributed by atoms with van der Waals surface area (Å²) in [6.07, 6.45) is 0.508. The number of benzene rings is 1. The molecule has 2 rings (SSSR count). The zero-order valence-corrected chi connectivity index (χ0v) is 12.3. The quantitative estimate of drug-likeness (QED) is 0.720. The predicted octanol–water partition coefficient (Wildman–Crippen LogP) is 1.39. The highest BCUT2D eigenvalue weighted by atomic mass is 79.9. The summed E-state index contributed by atoms with van der Waals surface area (Å²) in [6, 6.07) is 4.72. The number of halogens is 1. The topological polar surface area (TPSA) is 102 Å². The Morgan fingerprint density at radius 1 is 1.35 bits per heavy atom. The van der Waals surface area contributed by atoms with Crippen LogP contribution in [0.1, 0.15) is 23.2 Å². The number of anilines is 1. The van der Waals surface area contributed by atoms with Crippen LogP contribution in [-0.4, -0.2) is 35.7 Å². The molecule has 0 spiro atoms. The van der Waals surface area contributed by atoms with Crippen LogP contribution >= 0.6 is 15.9 Å². The number of nitrogen functional groups attached to an aromatic ring is 1. The van der Waals surface area contributed by atoms with Crippen molar-refractivity contribution in [3.8, 4) is 0 Å². The van der Waals surface area contributed by atoms with Crippen LogP contribution in [0.15, 0.2) is 22.7 Å². The molecular formula is C13H15BrN2O4. The molecule has 0 saturated carbocycles. The Bertz CT molecular complexity index is 541. The highest BCUT2D eigenvalue weighted by molar-refractivity contribution is 9.10. The smallest absolute Gasteiger partial charge is 0.329 e. The Balaban J connectivity index is 2.20. The van der Waals surface area contributed by atoms with Crippen molar-refractivity contribution in [2.24, 2.45) is 0 Å². The van der Waals surface area contributed by atoms with Crippen molar-refractivity contribution in [3.63, 3.8) is 0 Å². The number of nitrogens with one attached hydrogen (secondary N) is 1. The molecule has 1 aromatic rings. The molecule has 1 fully saturated rings. The standard InChI is InChI=1S/C13H15BrN2O4/c14-9-7-8(1-2-10(9)15)11(17)16-13(12(18)19)3-5-20-6-4-13/h1-2,7H,3-6,15H2,(H,16,17)(H,18,19). The number of carboxylic acids is 1. The lowest BCUT2D eigenvalue weighted by Gasteiger charge is -2.33. The van der Waals surface area contributed by atoms with Gasteiger partial charge in [0.05, 0.1) is 0 Å². The number of carbonyl (C=O) groups excluding carboxylic acids is 1. The third kappa shape index (κ3) is 2.94. The number of amides is 1. The Kier molecular flexibility index (Phi) is 4.29. The molecule has 0 aliphatic carbocycles. The first-order valence-corrected chi connectivity index (χ1v) is 6.93. The van der Waals surface area contributed by atoms with E-state index in [9.17, 15) is 14.7 Å². The van der Waals surface area contributed by atoms with E-state index in [1.807, 2.05) is 0 Å². The van der Waals surface area contributed by atoms with Gasteiger partial charge in [-0.1, -0.05) is 0 Å². The van der Waals surface area contributed by atoms with Crippen LogP contribution in [0.3, 0.4) is 0 Å². The first-order valence-electron chi connectivity index (χ1n) is 6.13. The number of hydrogen-bond acceptors (Lipinski definition) is 4. The molecule has 1 heterocycles. The van der Waals surface area contributed by atoms with Gasteiger partial charge in [-0.05, 0) is 34.1 Å². The van der Waals surface area contributed by atoms with Crippen molar-refractivity contribution < 1.29 is 19.4 Å². The normalized spacial score (nSPS) is 17.4. The summed E-state index contributed by atoms with van der Waals surface area (Å²) in [6.45, 7) is 0.635. The summed E-state index contributed by atoms with van der Waals surface area (Å²) in [4.78, 5) is 23.7. The van der Waals surface area contributed by atoms with E-state index in [0.29, 0.717) is 28.9 Å². The van der Waals surface area contributed by atoms with Gasteiger partial charge in [-0.15, -0.1) is 0 Å². The molecule has 0 bridgehead atoms. The fourth-order valence-corrected chi connectivity index (χ4v) is 2.45. The molecule has 20 heavy (non-hydrogen) atoms. The number of nitrogens with two attached hydrogens (primary N) is 1. The molecule has 0 unspecified atom stereocenters. The largest absolute Gasteiger partial charge is 0.480 e. The SMILES string of the molecule is Nc1ccc(C(=O)NC2(C(=O)O)CCOCC2)cc1Br. The number of carboxylic acid groups (broad SMARTS) is 1. The maximum atomic E-state index is 12.2. The van der Waals surface area contributed by atoms with Crippen LogP contribution < -0.4 is 11.1 Å². The van der Waals surface area contributed by atoms with Gasteiger partial charge >= 0.3 is 5.97 Å². The van der Waals surface area contributed by atoms with Crippen molar-refractivity contribution in [1.82, 2.24) is 5.32 Å². The Labute approximate surface area is 124 Å². The molecule has 1 aliphatic rings. The lowest BCUT2D eigenvalue weighted by Crippen LogP contribution is -2.57. The summed E-state index contributed by atoms with van der Waals surface area (Å²) >= 11 is 3.24. The molecule has 1 saturated heterocycles. The van der Waals surface area contributed by atoms with E-state index in [0.717, 1.165) is 0 Å². The molecule has 0 aromatic heterocycles. The minimum atomic E-state index is -1.26. The molecule has 0 radical (unpaired) electrons. The zero-order valence-electron chi connectivity index (χ0n) is 10.7. The Morgan fingerprint density at radius 2 is 2.00 bits per heavy atom. The Hall–Kier alpha value is -1.60. The second kappa shape index (κ2) is 5.80. The van der Waals surface area contributed by atoms with Crippen molar-refractivity contribution in [1.29, 1.82) is 0 Å². The first-order chi connectivity index (χ1) is 9.44. The summed E-state index contributed by atoms with van der Waals surface area (Å²) in [5.41, 5.74) is 5.27. The van der Waals surface area contributed by atoms with Crippen LogP contribution in [0.2, 0.25) is 0 Å². The third-order valence-electron chi connectivity index (χ3n) is 3.37. The van der Waals surface area contributed by atoms with Gasteiger partial charge in [-0.2, -0.15) is 0 Å². The van der Waals surface area contributed by atoms with E-state index in [-0.39, 0.29) is 12.8 Å². The lowest BCUT2D eigenvalue weighted by atomic mass is 9.89. The van der Waals surface area contributed by atoms with Crippen molar-refractivity contribution in [2.45, 2.75) is 18.4 Å². The molecular weight excluding hydrogens is 328 g/mol. The van der Waals surface area contributed by atoms with Gasteiger partial charge in [-0.25, -0.2) is 4.79 Å². The van der Waals surface area contributed by atoms with E-state index in [1.165, 1.54) is 0 Å². The van der Waals surface area contributed by atoms with E-state index in [4.69, 9.17) is 10.5 Å². The average molecular weight is 343 g/mol. The van der Waals surface area contributed by atoms with Gasteiger partial charge in [0, 0.05) is 41.8 Å². The summed E-state index contributed by atoms with van der Waals surface area (Å²) in [5.74, 6) is -1.47. The fraction of sp³-hybridized carbons (Fsp3) is 0.385. The minimum Gasteiger partial charge on any atom is -0.480 e. The molecule has 7 heteroatoms. The minimum absolute atomic E-state index is 0.254. The van der Waals surface area contributed by atoms with Gasteiger partial charge in [0.1, 0.15) is 5.54 Å². The molecule has 6 nitrogen and oxygen atoms in total. The summed E-state index contributed by atoms with van der Waals surface area (Å²) in [5, 5.41) is 12.0. The second-order valence-corrected chi connectivity index (χ2v) is 5.54. The van der Waals surface area contributed by atoms with E-state index < -0.39 is 17.4 Å². The Morgan fingerprint density at radius 3 is 2.55 bits per heavy atom. The predicted molar refractivity (Wildman–Crippen MR) is 76.4 cm³/mol. The molecule has 1 amide bonds. The van der Waals surface area contributed by atoms with Gasteiger partial charge in [0.25, 0.3) is 5.91 Å². The van der Waals surface area contributed by atoms with Gasteiger partial charge < -0.3 is 20.9 Å². The maximum absolute atomic E-state index is 12.2. The maximum Gasteiger partial charge on any atom is 0.329 e. The summed E-state index contributed by atoms with van der Waals surface area (Å²) < 4.78 is 5.76. The van der Waals surface area contributed by atoms with Crippen LogP contribution in [0.25, 0.3) is 0 Å².